The van der Waals surface area contributed by atoms with Gasteiger partial charge in [-0.3, -0.25) is 0 Å². The molecule has 0 amide bonds. The zero-order valence-corrected chi connectivity index (χ0v) is 6.39. The van der Waals surface area contributed by atoms with Gasteiger partial charge in [0.25, 0.3) is 0 Å². The van der Waals surface area contributed by atoms with E-state index < -0.39 is 0 Å². The summed E-state index contributed by atoms with van der Waals surface area (Å²) in [5.74, 6) is 0.930. The number of rotatable bonds is 2. The summed E-state index contributed by atoms with van der Waals surface area (Å²) in [6.45, 7) is 3.97. The van der Waals surface area contributed by atoms with Gasteiger partial charge in [0.2, 0.25) is 0 Å². The Bertz CT molecular complexity index is 204. The first kappa shape index (κ1) is 7.28. The number of aromatic amines is 1. The van der Waals surface area contributed by atoms with Crippen LogP contribution < -0.4 is 5.73 Å². The van der Waals surface area contributed by atoms with Gasteiger partial charge in [-0.1, -0.05) is 6.92 Å². The highest BCUT2D eigenvalue weighted by Crippen LogP contribution is 2.09. The lowest BCUT2D eigenvalue weighted by molar-refractivity contribution is 0.678. The van der Waals surface area contributed by atoms with Crippen LogP contribution in [0.5, 0.6) is 0 Å². The molecule has 0 aromatic carbocycles. The number of nitrogens with zero attached hydrogens (tertiary/aromatic N) is 1. The van der Waals surface area contributed by atoms with Gasteiger partial charge in [0, 0.05) is 12.2 Å². The van der Waals surface area contributed by atoms with E-state index in [1.807, 2.05) is 13.1 Å². The Labute approximate surface area is 60.7 Å². The molecule has 0 fully saturated rings. The minimum absolute atomic E-state index is 0.0879. The molecule has 0 aliphatic carbocycles. The van der Waals surface area contributed by atoms with Crippen molar-refractivity contribution in [2.24, 2.45) is 5.73 Å². The molecule has 1 atom stereocenters. The van der Waals surface area contributed by atoms with Crippen molar-refractivity contribution in [2.75, 3.05) is 0 Å². The second-order valence-electron chi connectivity index (χ2n) is 2.43. The van der Waals surface area contributed by atoms with Crippen LogP contribution in [0.2, 0.25) is 0 Å². The summed E-state index contributed by atoms with van der Waals surface area (Å²) in [4.78, 5) is 7.19. The zero-order valence-electron chi connectivity index (χ0n) is 6.39. The fourth-order valence-electron chi connectivity index (χ4n) is 0.836. The highest BCUT2D eigenvalue weighted by molar-refractivity contribution is 5.04. The number of aryl methyl sites for hydroxylation is 1. The average Bonchev–Trinajstić information content (AvgIpc) is 2.34. The number of hydrogen-bond donors (Lipinski definition) is 2. The predicted octanol–water partition coefficient (Wildman–Crippen LogP) is 1.13. The highest BCUT2D eigenvalue weighted by Gasteiger charge is 2.04. The smallest absolute Gasteiger partial charge is 0.103 e. The van der Waals surface area contributed by atoms with Gasteiger partial charge in [-0.25, -0.2) is 4.98 Å². The van der Waals surface area contributed by atoms with Crippen molar-refractivity contribution in [3.05, 3.63) is 17.7 Å². The second-order valence-corrected chi connectivity index (χ2v) is 2.43. The molecule has 3 heteroatoms. The summed E-state index contributed by atoms with van der Waals surface area (Å²) >= 11 is 0. The molecule has 0 aliphatic rings. The van der Waals surface area contributed by atoms with E-state index in [9.17, 15) is 0 Å². The third kappa shape index (κ3) is 1.36. The molecule has 0 saturated carbocycles. The maximum absolute atomic E-state index is 5.73. The third-order valence-corrected chi connectivity index (χ3v) is 1.55. The number of imidazole rings is 1. The summed E-state index contributed by atoms with van der Waals surface area (Å²) in [7, 11) is 0. The van der Waals surface area contributed by atoms with Gasteiger partial charge in [-0.15, -0.1) is 0 Å². The minimum atomic E-state index is 0.0879. The average molecular weight is 139 g/mol. The molecular weight excluding hydrogens is 126 g/mol. The molecule has 1 rings (SSSR count). The number of nitrogens with two attached hydrogens (primary N) is 1. The van der Waals surface area contributed by atoms with Crippen molar-refractivity contribution in [1.29, 1.82) is 0 Å². The van der Waals surface area contributed by atoms with Gasteiger partial charge in [-0.05, 0) is 13.3 Å². The Balaban J connectivity index is 2.74. The van der Waals surface area contributed by atoms with Crippen molar-refractivity contribution < 1.29 is 0 Å². The van der Waals surface area contributed by atoms with Crippen molar-refractivity contribution >= 4 is 0 Å². The van der Waals surface area contributed by atoms with Crippen molar-refractivity contribution in [3.63, 3.8) is 0 Å². The molecule has 0 aliphatic heterocycles. The van der Waals surface area contributed by atoms with Crippen molar-refractivity contribution in [1.82, 2.24) is 9.97 Å². The van der Waals surface area contributed by atoms with Crippen LogP contribution in [0, 0.1) is 6.92 Å². The lowest BCUT2D eigenvalue weighted by Gasteiger charge is -2.01. The van der Waals surface area contributed by atoms with Gasteiger partial charge in [0.05, 0.1) is 5.69 Å². The molecule has 0 saturated heterocycles. The van der Waals surface area contributed by atoms with Crippen LogP contribution >= 0.6 is 0 Å². The fourth-order valence-corrected chi connectivity index (χ4v) is 0.836. The first-order valence-electron chi connectivity index (χ1n) is 3.51. The third-order valence-electron chi connectivity index (χ3n) is 1.55. The van der Waals surface area contributed by atoms with E-state index in [2.05, 4.69) is 16.9 Å². The molecule has 1 aromatic rings. The molecular formula is C7H13N3. The normalized spacial score (nSPS) is 13.5. The van der Waals surface area contributed by atoms with E-state index in [1.54, 1.807) is 0 Å². The number of hydrogen-bond acceptors (Lipinski definition) is 2. The van der Waals surface area contributed by atoms with Crippen molar-refractivity contribution in [3.8, 4) is 0 Å². The zero-order chi connectivity index (χ0) is 7.56. The predicted molar refractivity (Wildman–Crippen MR) is 40.5 cm³/mol. The van der Waals surface area contributed by atoms with Gasteiger partial charge in [-0.2, -0.15) is 0 Å². The van der Waals surface area contributed by atoms with E-state index in [4.69, 9.17) is 5.73 Å². The van der Waals surface area contributed by atoms with Gasteiger partial charge in [0.15, 0.2) is 0 Å². The molecule has 3 nitrogen and oxygen atoms in total. The topological polar surface area (TPSA) is 54.7 Å². The van der Waals surface area contributed by atoms with E-state index in [1.165, 1.54) is 0 Å². The number of H-pyrrole nitrogens is 1. The fraction of sp³-hybridized carbons (Fsp3) is 0.571. The SMILES string of the molecule is CCC(N)c1c[nH]c(C)n1. The number of nitrogens with one attached hydrogen (secondary N) is 1. The largest absolute Gasteiger partial charge is 0.348 e. The van der Waals surface area contributed by atoms with Gasteiger partial charge in [0.1, 0.15) is 5.82 Å². The van der Waals surface area contributed by atoms with Crippen LogP contribution in [-0.4, -0.2) is 9.97 Å². The molecule has 56 valence electrons. The van der Waals surface area contributed by atoms with E-state index in [-0.39, 0.29) is 6.04 Å². The van der Waals surface area contributed by atoms with Crippen LogP contribution in [-0.2, 0) is 0 Å². The second kappa shape index (κ2) is 2.84. The Morgan fingerprint density at radius 2 is 2.50 bits per heavy atom. The Morgan fingerprint density at radius 1 is 1.80 bits per heavy atom. The highest BCUT2D eigenvalue weighted by atomic mass is 14.9. The molecule has 1 aromatic heterocycles. The van der Waals surface area contributed by atoms with Crippen LogP contribution in [0.1, 0.15) is 30.9 Å². The summed E-state index contributed by atoms with van der Waals surface area (Å²) in [5.41, 5.74) is 6.68. The first-order chi connectivity index (χ1) is 4.74. The Hall–Kier alpha value is -0.830. The molecule has 1 heterocycles. The summed E-state index contributed by atoms with van der Waals surface area (Å²) in [6.07, 6.45) is 2.80. The van der Waals surface area contributed by atoms with Crippen LogP contribution in [0.25, 0.3) is 0 Å². The molecule has 1 unspecified atom stereocenters. The van der Waals surface area contributed by atoms with Crippen LogP contribution in [0.15, 0.2) is 6.20 Å². The molecule has 10 heavy (non-hydrogen) atoms. The summed E-state index contributed by atoms with van der Waals surface area (Å²) in [5, 5.41) is 0. The standard InChI is InChI=1S/C7H13N3/c1-3-6(8)7-4-9-5(2)10-7/h4,6H,3,8H2,1-2H3,(H,9,10). The molecule has 0 bridgehead atoms. The molecule has 3 N–H and O–H groups in total. The van der Waals surface area contributed by atoms with E-state index in [0.29, 0.717) is 0 Å². The maximum atomic E-state index is 5.73. The molecule has 0 spiro atoms. The van der Waals surface area contributed by atoms with Crippen LogP contribution in [0.3, 0.4) is 0 Å². The Morgan fingerprint density at radius 3 is 2.90 bits per heavy atom. The van der Waals surface area contributed by atoms with E-state index in [0.717, 1.165) is 17.9 Å². The van der Waals surface area contributed by atoms with Crippen molar-refractivity contribution in [2.45, 2.75) is 26.3 Å². The maximum Gasteiger partial charge on any atom is 0.103 e. The van der Waals surface area contributed by atoms with Crippen LogP contribution in [0.4, 0.5) is 0 Å². The summed E-state index contributed by atoms with van der Waals surface area (Å²) < 4.78 is 0. The quantitative estimate of drug-likeness (QED) is 0.645. The lowest BCUT2D eigenvalue weighted by atomic mass is 10.2. The molecule has 0 radical (unpaired) electrons. The van der Waals surface area contributed by atoms with E-state index >= 15 is 0 Å². The Kier molecular flexibility index (Phi) is 2.06. The first-order valence-corrected chi connectivity index (χ1v) is 3.51. The lowest BCUT2D eigenvalue weighted by Crippen LogP contribution is -2.08. The minimum Gasteiger partial charge on any atom is -0.348 e. The summed E-state index contributed by atoms with van der Waals surface area (Å²) in [6, 6.07) is 0.0879. The van der Waals surface area contributed by atoms with Gasteiger partial charge >= 0.3 is 0 Å². The van der Waals surface area contributed by atoms with Gasteiger partial charge < -0.3 is 10.7 Å². The number of aromatic nitrogens is 2. The monoisotopic (exact) mass is 139 g/mol.